The molecule has 18 heavy (non-hydrogen) atoms. The second-order valence-electron chi connectivity index (χ2n) is 5.75. The topological polar surface area (TPSA) is 75.4 Å². The van der Waals surface area contributed by atoms with Gasteiger partial charge in [0.25, 0.3) is 10.2 Å². The van der Waals surface area contributed by atoms with E-state index >= 15 is 0 Å². The molecule has 106 valence electrons. The van der Waals surface area contributed by atoms with Gasteiger partial charge in [0.15, 0.2) is 0 Å². The van der Waals surface area contributed by atoms with Crippen LogP contribution in [0.4, 0.5) is 0 Å². The van der Waals surface area contributed by atoms with Crippen LogP contribution in [0.1, 0.15) is 32.6 Å². The van der Waals surface area contributed by atoms with Crippen molar-refractivity contribution in [3.05, 3.63) is 0 Å². The van der Waals surface area contributed by atoms with Gasteiger partial charge in [0.2, 0.25) is 0 Å². The first-order valence-electron chi connectivity index (χ1n) is 6.97. The number of hydrogen-bond acceptors (Lipinski definition) is 3. The van der Waals surface area contributed by atoms with Gasteiger partial charge in [-0.1, -0.05) is 6.92 Å². The Labute approximate surface area is 110 Å². The highest BCUT2D eigenvalue weighted by Gasteiger charge is 2.31. The molecule has 3 N–H and O–H groups in total. The van der Waals surface area contributed by atoms with Crippen molar-refractivity contribution < 1.29 is 8.42 Å². The fourth-order valence-corrected chi connectivity index (χ4v) is 3.89. The Kier molecular flexibility index (Phi) is 4.64. The molecule has 1 unspecified atom stereocenters. The van der Waals surface area contributed by atoms with E-state index < -0.39 is 10.2 Å². The van der Waals surface area contributed by atoms with Crippen LogP contribution < -0.4 is 10.5 Å². The minimum atomic E-state index is -3.27. The lowest BCUT2D eigenvalue weighted by atomic mass is 9.99. The van der Waals surface area contributed by atoms with Crippen molar-refractivity contribution in [2.45, 2.75) is 32.6 Å². The van der Waals surface area contributed by atoms with E-state index in [2.05, 4.69) is 11.6 Å². The van der Waals surface area contributed by atoms with Gasteiger partial charge in [-0.3, -0.25) is 0 Å². The summed E-state index contributed by atoms with van der Waals surface area (Å²) in [4.78, 5) is 0. The lowest BCUT2D eigenvalue weighted by Gasteiger charge is -2.30. The van der Waals surface area contributed by atoms with Gasteiger partial charge in [0.1, 0.15) is 0 Å². The molecule has 0 aromatic carbocycles. The van der Waals surface area contributed by atoms with E-state index in [-0.39, 0.29) is 0 Å². The summed E-state index contributed by atoms with van der Waals surface area (Å²) in [6.07, 6.45) is 4.28. The minimum Gasteiger partial charge on any atom is -0.330 e. The summed E-state index contributed by atoms with van der Waals surface area (Å²) < 4.78 is 28.5. The lowest BCUT2D eigenvalue weighted by molar-refractivity contribution is 0.275. The zero-order valence-electron chi connectivity index (χ0n) is 11.1. The highest BCUT2D eigenvalue weighted by Crippen LogP contribution is 2.36. The maximum atomic E-state index is 12.1. The van der Waals surface area contributed by atoms with Crippen LogP contribution >= 0.6 is 0 Å². The van der Waals surface area contributed by atoms with Crippen molar-refractivity contribution in [3.8, 4) is 0 Å². The fourth-order valence-electron chi connectivity index (χ4n) is 2.55. The molecule has 0 amide bonds. The van der Waals surface area contributed by atoms with E-state index in [9.17, 15) is 8.42 Å². The van der Waals surface area contributed by atoms with Crippen molar-refractivity contribution in [1.29, 1.82) is 0 Å². The third-order valence-corrected chi connectivity index (χ3v) is 5.84. The smallest absolute Gasteiger partial charge is 0.279 e. The summed E-state index contributed by atoms with van der Waals surface area (Å²) in [7, 11) is -3.27. The van der Waals surface area contributed by atoms with Crippen molar-refractivity contribution in [3.63, 3.8) is 0 Å². The first-order valence-corrected chi connectivity index (χ1v) is 8.41. The Morgan fingerprint density at radius 1 is 1.28 bits per heavy atom. The van der Waals surface area contributed by atoms with Gasteiger partial charge in [-0.2, -0.15) is 12.7 Å². The van der Waals surface area contributed by atoms with Gasteiger partial charge in [-0.15, -0.1) is 0 Å². The van der Waals surface area contributed by atoms with Crippen LogP contribution in [0.15, 0.2) is 0 Å². The number of nitrogens with one attached hydrogen (secondary N) is 1. The van der Waals surface area contributed by atoms with Gasteiger partial charge < -0.3 is 5.73 Å². The fraction of sp³-hybridized carbons (Fsp3) is 1.00. The van der Waals surface area contributed by atoms with Gasteiger partial charge in [0, 0.05) is 19.6 Å². The maximum Gasteiger partial charge on any atom is 0.279 e. The summed E-state index contributed by atoms with van der Waals surface area (Å²) in [5.74, 6) is 1.68. The van der Waals surface area contributed by atoms with E-state index in [1.807, 2.05) is 0 Å². The molecule has 5 nitrogen and oxygen atoms in total. The summed E-state index contributed by atoms with van der Waals surface area (Å²) in [5, 5.41) is 0. The first kappa shape index (κ1) is 14.2. The van der Waals surface area contributed by atoms with Crippen LogP contribution in [0.3, 0.4) is 0 Å². The second kappa shape index (κ2) is 5.86. The van der Waals surface area contributed by atoms with E-state index in [1.54, 1.807) is 4.31 Å². The molecule has 1 heterocycles. The number of nitrogens with zero attached hydrogens (tertiary/aromatic N) is 1. The molecule has 0 bridgehead atoms. The quantitative estimate of drug-likeness (QED) is 0.743. The molecule has 1 saturated heterocycles. The average Bonchev–Trinajstić information content (AvgIpc) is 3.20. The van der Waals surface area contributed by atoms with Crippen LogP contribution in [0, 0.1) is 17.8 Å². The van der Waals surface area contributed by atoms with Gasteiger partial charge in [-0.05, 0) is 50.0 Å². The van der Waals surface area contributed by atoms with E-state index in [0.29, 0.717) is 38.0 Å². The molecule has 0 spiro atoms. The Morgan fingerprint density at radius 2 is 1.89 bits per heavy atom. The first-order chi connectivity index (χ1) is 8.53. The summed E-state index contributed by atoms with van der Waals surface area (Å²) >= 11 is 0. The highest BCUT2D eigenvalue weighted by molar-refractivity contribution is 7.87. The van der Waals surface area contributed by atoms with Crippen LogP contribution in [-0.4, -0.2) is 38.9 Å². The molecule has 1 aliphatic carbocycles. The summed E-state index contributed by atoms with van der Waals surface area (Å²) in [6.45, 7) is 4.58. The average molecular weight is 275 g/mol. The molecule has 1 atom stereocenters. The molecule has 0 aromatic heterocycles. The number of hydrogen-bond donors (Lipinski definition) is 2. The van der Waals surface area contributed by atoms with Gasteiger partial charge in [0.05, 0.1) is 0 Å². The number of piperidine rings is 1. The van der Waals surface area contributed by atoms with Gasteiger partial charge in [-0.25, -0.2) is 4.72 Å². The monoisotopic (exact) mass is 275 g/mol. The Balaban J connectivity index is 1.79. The van der Waals surface area contributed by atoms with Crippen LogP contribution in [0.2, 0.25) is 0 Å². The summed E-state index contributed by atoms with van der Waals surface area (Å²) in [6, 6.07) is 0. The largest absolute Gasteiger partial charge is 0.330 e. The van der Waals surface area contributed by atoms with Crippen LogP contribution in [0.5, 0.6) is 0 Å². The van der Waals surface area contributed by atoms with E-state index in [0.717, 1.165) is 18.8 Å². The van der Waals surface area contributed by atoms with Gasteiger partial charge >= 0.3 is 0 Å². The number of nitrogens with two attached hydrogens (primary N) is 1. The predicted octanol–water partition coefficient (Wildman–Crippen LogP) is 0.538. The normalized spacial score (nSPS) is 25.2. The SMILES string of the molecule is CC(CNS(=O)(=O)N1CCC(CN)CC1)C1CC1. The zero-order valence-corrected chi connectivity index (χ0v) is 12.0. The molecular formula is C12H25N3O2S. The predicted molar refractivity (Wildman–Crippen MR) is 72.2 cm³/mol. The standard InChI is InChI=1S/C12H25N3O2S/c1-10(12-2-3-12)9-14-18(16,17)15-6-4-11(8-13)5-7-15/h10-12,14H,2-9,13H2,1H3. The maximum absolute atomic E-state index is 12.1. The third-order valence-electron chi connectivity index (χ3n) is 4.26. The molecule has 0 radical (unpaired) electrons. The number of rotatable bonds is 6. The van der Waals surface area contributed by atoms with Crippen molar-refractivity contribution in [2.24, 2.45) is 23.5 Å². The minimum absolute atomic E-state index is 0.460. The van der Waals surface area contributed by atoms with E-state index in [4.69, 9.17) is 5.73 Å². The molecule has 1 aliphatic heterocycles. The Morgan fingerprint density at radius 3 is 2.39 bits per heavy atom. The zero-order chi connectivity index (χ0) is 13.2. The molecule has 2 fully saturated rings. The lowest BCUT2D eigenvalue weighted by Crippen LogP contribution is -2.46. The molecular weight excluding hydrogens is 250 g/mol. The third kappa shape index (κ3) is 3.66. The molecule has 2 rings (SSSR count). The highest BCUT2D eigenvalue weighted by atomic mass is 32.2. The molecule has 1 saturated carbocycles. The van der Waals surface area contributed by atoms with Crippen molar-refractivity contribution in [1.82, 2.24) is 9.03 Å². The van der Waals surface area contributed by atoms with Crippen LogP contribution in [0.25, 0.3) is 0 Å². The Hall–Kier alpha value is -0.170. The molecule has 6 heteroatoms. The molecule has 2 aliphatic rings. The van der Waals surface area contributed by atoms with Crippen molar-refractivity contribution >= 4 is 10.2 Å². The van der Waals surface area contributed by atoms with E-state index in [1.165, 1.54) is 12.8 Å². The second-order valence-corrected chi connectivity index (χ2v) is 7.50. The van der Waals surface area contributed by atoms with Crippen molar-refractivity contribution in [2.75, 3.05) is 26.2 Å². The summed E-state index contributed by atoms with van der Waals surface area (Å²) in [5.41, 5.74) is 5.61. The Bertz CT molecular complexity index is 360. The van der Waals surface area contributed by atoms with Crippen LogP contribution in [-0.2, 0) is 10.2 Å². The molecule has 0 aromatic rings.